The zero-order valence-corrected chi connectivity index (χ0v) is 18.9. The lowest BCUT2D eigenvalue weighted by Gasteiger charge is -2.27. The van der Waals surface area contributed by atoms with Gasteiger partial charge in [-0.05, 0) is 79.0 Å². The van der Waals surface area contributed by atoms with E-state index in [-0.39, 0.29) is 11.3 Å². The average molecular weight is 407 g/mol. The van der Waals surface area contributed by atoms with Gasteiger partial charge in [0.1, 0.15) is 5.75 Å². The number of rotatable bonds is 6. The number of hydrogen-bond donors (Lipinski definition) is 2. The summed E-state index contributed by atoms with van der Waals surface area (Å²) in [6.45, 7) is 11.6. The lowest BCUT2D eigenvalue weighted by atomic mass is 9.85. The van der Waals surface area contributed by atoms with Crippen LogP contribution in [0.15, 0.2) is 36.4 Å². The third-order valence-corrected chi connectivity index (χ3v) is 6.64. The Hall–Kier alpha value is -2.49. The van der Waals surface area contributed by atoms with E-state index in [0.29, 0.717) is 12.6 Å². The molecule has 1 aliphatic heterocycles. The largest absolute Gasteiger partial charge is 0.494 e. The molecular weight excluding hydrogens is 372 g/mol. The van der Waals surface area contributed by atoms with E-state index in [1.165, 1.54) is 16.8 Å². The number of fused-ring (bicyclic) bond motifs is 1. The van der Waals surface area contributed by atoms with Gasteiger partial charge in [-0.15, -0.1) is 0 Å². The van der Waals surface area contributed by atoms with Gasteiger partial charge < -0.3 is 15.4 Å². The molecule has 1 atom stereocenters. The van der Waals surface area contributed by atoms with Gasteiger partial charge >= 0.3 is 0 Å². The van der Waals surface area contributed by atoms with Crippen LogP contribution in [-0.4, -0.2) is 18.6 Å². The van der Waals surface area contributed by atoms with Crippen molar-refractivity contribution >= 4 is 17.3 Å². The minimum absolute atomic E-state index is 0.104. The molecule has 4 heteroatoms. The zero-order valence-electron chi connectivity index (χ0n) is 18.9. The number of carbonyl (C=O) groups is 1. The van der Waals surface area contributed by atoms with Crippen LogP contribution in [0.4, 0.5) is 11.4 Å². The van der Waals surface area contributed by atoms with Crippen molar-refractivity contribution in [1.29, 1.82) is 0 Å². The maximum absolute atomic E-state index is 13.3. The first-order valence-electron chi connectivity index (χ1n) is 11.2. The van der Waals surface area contributed by atoms with Crippen LogP contribution < -0.4 is 15.4 Å². The van der Waals surface area contributed by atoms with Gasteiger partial charge in [0.25, 0.3) is 0 Å². The highest BCUT2D eigenvalue weighted by Gasteiger charge is 2.51. The number of amides is 1. The average Bonchev–Trinajstić information content (AvgIpc) is 3.40. The van der Waals surface area contributed by atoms with Crippen LogP contribution >= 0.6 is 0 Å². The third kappa shape index (κ3) is 3.80. The van der Waals surface area contributed by atoms with Crippen LogP contribution in [0.2, 0.25) is 0 Å². The maximum atomic E-state index is 13.3. The van der Waals surface area contributed by atoms with E-state index in [2.05, 4.69) is 62.6 Å². The van der Waals surface area contributed by atoms with Gasteiger partial charge in [0, 0.05) is 17.4 Å². The second kappa shape index (κ2) is 7.64. The molecule has 1 aliphatic carbocycles. The molecule has 30 heavy (non-hydrogen) atoms. The molecule has 160 valence electrons. The predicted octanol–water partition coefficient (Wildman–Crippen LogP) is 5.70. The summed E-state index contributed by atoms with van der Waals surface area (Å²) in [5.41, 5.74) is 5.44. The standard InChI is InChI=1S/C26H34N2O2/c1-6-17-14-19(8-11-22(17)30-7-2)26(12-13-26)24(29)27-20-9-10-21-18(15-20)16-23(28-21)25(3,4)5/h8-11,14-15,23,28H,6-7,12-13,16H2,1-5H3,(H,27,29). The Balaban J connectivity index is 1.51. The Labute approximate surface area is 180 Å². The van der Waals surface area contributed by atoms with Crippen molar-refractivity contribution in [3.63, 3.8) is 0 Å². The second-order valence-corrected chi connectivity index (χ2v) is 9.78. The molecule has 0 spiro atoms. The summed E-state index contributed by atoms with van der Waals surface area (Å²) in [7, 11) is 0. The first-order chi connectivity index (χ1) is 14.3. The van der Waals surface area contributed by atoms with E-state index in [1.807, 2.05) is 19.1 Å². The van der Waals surface area contributed by atoms with E-state index in [1.54, 1.807) is 0 Å². The molecule has 0 radical (unpaired) electrons. The fourth-order valence-corrected chi connectivity index (χ4v) is 4.43. The third-order valence-electron chi connectivity index (χ3n) is 6.64. The van der Waals surface area contributed by atoms with E-state index >= 15 is 0 Å². The predicted molar refractivity (Wildman–Crippen MR) is 124 cm³/mol. The van der Waals surface area contributed by atoms with Crippen molar-refractivity contribution in [2.75, 3.05) is 17.2 Å². The molecule has 0 bridgehead atoms. The highest BCUT2D eigenvalue weighted by atomic mass is 16.5. The molecule has 4 rings (SSSR count). The van der Waals surface area contributed by atoms with Crippen molar-refractivity contribution in [3.05, 3.63) is 53.1 Å². The van der Waals surface area contributed by atoms with Gasteiger partial charge in [0.15, 0.2) is 0 Å². The summed E-state index contributed by atoms with van der Waals surface area (Å²) in [5, 5.41) is 6.83. The molecule has 2 N–H and O–H groups in total. The molecule has 1 fully saturated rings. The number of carbonyl (C=O) groups excluding carboxylic acids is 1. The molecule has 4 nitrogen and oxygen atoms in total. The Morgan fingerprint density at radius 1 is 1.17 bits per heavy atom. The molecule has 1 heterocycles. The minimum Gasteiger partial charge on any atom is -0.494 e. The fourth-order valence-electron chi connectivity index (χ4n) is 4.43. The number of aryl methyl sites for hydroxylation is 1. The summed E-state index contributed by atoms with van der Waals surface area (Å²) < 4.78 is 5.74. The summed E-state index contributed by atoms with van der Waals surface area (Å²) in [6, 6.07) is 12.9. The molecule has 1 unspecified atom stereocenters. The minimum atomic E-state index is -0.403. The summed E-state index contributed by atoms with van der Waals surface area (Å²) in [5.74, 6) is 1.03. The van der Waals surface area contributed by atoms with Gasteiger partial charge in [0.2, 0.25) is 5.91 Å². The summed E-state index contributed by atoms with van der Waals surface area (Å²) >= 11 is 0. The molecule has 0 aromatic heterocycles. The molecule has 2 aromatic carbocycles. The monoisotopic (exact) mass is 406 g/mol. The van der Waals surface area contributed by atoms with Crippen LogP contribution in [-0.2, 0) is 23.1 Å². The Morgan fingerprint density at radius 3 is 2.57 bits per heavy atom. The normalized spacial score (nSPS) is 19.0. The Kier molecular flexibility index (Phi) is 5.29. The Morgan fingerprint density at radius 2 is 1.93 bits per heavy atom. The topological polar surface area (TPSA) is 50.4 Å². The van der Waals surface area contributed by atoms with E-state index < -0.39 is 5.41 Å². The van der Waals surface area contributed by atoms with Gasteiger partial charge in [-0.25, -0.2) is 0 Å². The van der Waals surface area contributed by atoms with Crippen LogP contribution in [0, 0.1) is 5.41 Å². The van der Waals surface area contributed by atoms with Crippen LogP contribution in [0.1, 0.15) is 64.2 Å². The number of benzene rings is 2. The van der Waals surface area contributed by atoms with Gasteiger partial charge in [-0.1, -0.05) is 39.8 Å². The lowest BCUT2D eigenvalue weighted by molar-refractivity contribution is -0.118. The molecular formula is C26H34N2O2. The number of nitrogens with one attached hydrogen (secondary N) is 2. The second-order valence-electron chi connectivity index (χ2n) is 9.78. The van der Waals surface area contributed by atoms with Crippen molar-refractivity contribution in [2.45, 2.75) is 71.8 Å². The van der Waals surface area contributed by atoms with Gasteiger partial charge in [0.05, 0.1) is 12.0 Å². The highest BCUT2D eigenvalue weighted by molar-refractivity contribution is 6.01. The smallest absolute Gasteiger partial charge is 0.235 e. The highest BCUT2D eigenvalue weighted by Crippen LogP contribution is 2.50. The van der Waals surface area contributed by atoms with E-state index in [0.717, 1.165) is 42.7 Å². The molecule has 1 saturated carbocycles. The first kappa shape index (κ1) is 20.8. The van der Waals surface area contributed by atoms with Crippen LogP contribution in [0.5, 0.6) is 5.75 Å². The van der Waals surface area contributed by atoms with Crippen LogP contribution in [0.25, 0.3) is 0 Å². The molecule has 1 amide bonds. The molecule has 0 saturated heterocycles. The number of anilines is 2. The quantitative estimate of drug-likeness (QED) is 0.647. The summed E-state index contributed by atoms with van der Waals surface area (Å²) in [6.07, 6.45) is 3.68. The van der Waals surface area contributed by atoms with Gasteiger partial charge in [-0.2, -0.15) is 0 Å². The summed E-state index contributed by atoms with van der Waals surface area (Å²) in [4.78, 5) is 13.3. The van der Waals surface area contributed by atoms with E-state index in [9.17, 15) is 4.79 Å². The maximum Gasteiger partial charge on any atom is 0.235 e. The lowest BCUT2D eigenvalue weighted by Crippen LogP contribution is -2.31. The fraction of sp³-hybridized carbons (Fsp3) is 0.500. The van der Waals surface area contributed by atoms with Crippen molar-refractivity contribution < 1.29 is 9.53 Å². The Bertz CT molecular complexity index is 954. The zero-order chi connectivity index (χ0) is 21.5. The SMILES string of the molecule is CCOc1ccc(C2(C(=O)Nc3ccc4c(c3)CC(C(C)(C)C)N4)CC2)cc1CC. The van der Waals surface area contributed by atoms with Crippen molar-refractivity contribution in [1.82, 2.24) is 0 Å². The molecule has 2 aromatic rings. The van der Waals surface area contributed by atoms with Gasteiger partial charge in [-0.3, -0.25) is 4.79 Å². The van der Waals surface area contributed by atoms with E-state index in [4.69, 9.17) is 4.74 Å². The van der Waals surface area contributed by atoms with Crippen molar-refractivity contribution in [3.8, 4) is 5.75 Å². The first-order valence-corrected chi connectivity index (χ1v) is 11.2. The number of hydrogen-bond acceptors (Lipinski definition) is 3. The molecule has 2 aliphatic rings. The number of ether oxygens (including phenoxy) is 1. The van der Waals surface area contributed by atoms with Crippen LogP contribution in [0.3, 0.4) is 0 Å². The van der Waals surface area contributed by atoms with Crippen molar-refractivity contribution in [2.24, 2.45) is 5.41 Å².